The first-order valence-electron chi connectivity index (χ1n) is 10.3. The standard InChI is InChI=1S/C28H20N2/c1-17-13-15-19-16-14-18(2)23-24(19)22(17)27-28(23)30-26(21-11-7-4-8-12-21)25(29-27)20-9-5-3-6-10-20/h3-16H,1-2H3. The van der Waals surface area contributed by atoms with Crippen LogP contribution in [0, 0.1) is 13.8 Å². The lowest BCUT2D eigenvalue weighted by atomic mass is 9.98. The molecule has 0 unspecified atom stereocenters. The van der Waals surface area contributed by atoms with Gasteiger partial charge < -0.3 is 0 Å². The number of fused-ring (bicyclic) bond motifs is 3. The molecule has 1 aliphatic carbocycles. The van der Waals surface area contributed by atoms with Gasteiger partial charge in [0.1, 0.15) is 0 Å². The highest BCUT2D eigenvalue weighted by Gasteiger charge is 2.29. The Kier molecular flexibility index (Phi) is 3.63. The van der Waals surface area contributed by atoms with Gasteiger partial charge in [-0.05, 0) is 30.4 Å². The van der Waals surface area contributed by atoms with Gasteiger partial charge in [-0.2, -0.15) is 0 Å². The van der Waals surface area contributed by atoms with E-state index in [1.165, 1.54) is 33.0 Å². The second-order valence-corrected chi connectivity index (χ2v) is 7.96. The molecule has 4 aromatic carbocycles. The maximum atomic E-state index is 5.28. The molecule has 0 aliphatic heterocycles. The predicted octanol–water partition coefficient (Wildman–Crippen LogP) is 7.23. The fourth-order valence-corrected chi connectivity index (χ4v) is 4.62. The Morgan fingerprint density at radius 3 is 1.33 bits per heavy atom. The van der Waals surface area contributed by atoms with Crippen molar-refractivity contribution in [1.29, 1.82) is 0 Å². The summed E-state index contributed by atoms with van der Waals surface area (Å²) in [6.45, 7) is 4.34. The van der Waals surface area contributed by atoms with E-state index in [0.29, 0.717) is 0 Å². The average Bonchev–Trinajstić information content (AvgIpc) is 3.14. The van der Waals surface area contributed by atoms with Gasteiger partial charge in [0.2, 0.25) is 0 Å². The van der Waals surface area contributed by atoms with Crippen molar-refractivity contribution in [2.75, 3.05) is 0 Å². The highest BCUT2D eigenvalue weighted by atomic mass is 14.9. The number of aromatic nitrogens is 2. The second-order valence-electron chi connectivity index (χ2n) is 7.96. The van der Waals surface area contributed by atoms with Gasteiger partial charge in [0.15, 0.2) is 0 Å². The summed E-state index contributed by atoms with van der Waals surface area (Å²) in [4.78, 5) is 10.6. The number of nitrogens with zero attached hydrogens (tertiary/aromatic N) is 2. The Morgan fingerprint density at radius 2 is 0.900 bits per heavy atom. The van der Waals surface area contributed by atoms with E-state index in [0.717, 1.165) is 33.9 Å². The molecule has 2 heteroatoms. The van der Waals surface area contributed by atoms with E-state index in [1.807, 2.05) is 12.1 Å². The molecule has 2 nitrogen and oxygen atoms in total. The maximum Gasteiger partial charge on any atom is 0.0982 e. The number of aryl methyl sites for hydroxylation is 2. The second kappa shape index (κ2) is 6.36. The van der Waals surface area contributed by atoms with Crippen LogP contribution in [0.25, 0.3) is 55.8 Å². The summed E-state index contributed by atoms with van der Waals surface area (Å²) in [5, 5.41) is 2.53. The van der Waals surface area contributed by atoms with Crippen LogP contribution in [0.1, 0.15) is 11.1 Å². The molecule has 30 heavy (non-hydrogen) atoms. The number of rotatable bonds is 2. The SMILES string of the molecule is Cc1ccc2ccc(C)c3c2c1-c1nc(-c2ccccc2)c(-c2ccccc2)nc1-3. The normalized spacial score (nSPS) is 11.7. The van der Waals surface area contributed by atoms with Gasteiger partial charge in [-0.3, -0.25) is 0 Å². The smallest absolute Gasteiger partial charge is 0.0982 e. The van der Waals surface area contributed by atoms with Crippen molar-refractivity contribution in [2.45, 2.75) is 13.8 Å². The van der Waals surface area contributed by atoms with E-state index in [-0.39, 0.29) is 0 Å². The van der Waals surface area contributed by atoms with Gasteiger partial charge in [0.05, 0.1) is 22.8 Å². The van der Waals surface area contributed by atoms with Crippen LogP contribution in [0.4, 0.5) is 0 Å². The van der Waals surface area contributed by atoms with Crippen LogP contribution in [0.2, 0.25) is 0 Å². The first kappa shape index (κ1) is 17.1. The molecule has 1 aliphatic rings. The van der Waals surface area contributed by atoms with Crippen molar-refractivity contribution in [1.82, 2.24) is 9.97 Å². The first-order chi connectivity index (χ1) is 14.7. The number of hydrogen-bond acceptors (Lipinski definition) is 2. The number of benzene rings is 4. The molecular formula is C28H20N2. The van der Waals surface area contributed by atoms with Crippen molar-refractivity contribution in [3.05, 3.63) is 96.1 Å². The number of hydrogen-bond donors (Lipinski definition) is 0. The lowest BCUT2D eigenvalue weighted by molar-refractivity contribution is 1.22. The largest absolute Gasteiger partial charge is 0.243 e. The monoisotopic (exact) mass is 384 g/mol. The van der Waals surface area contributed by atoms with Crippen molar-refractivity contribution >= 4 is 10.8 Å². The molecule has 5 aromatic rings. The van der Waals surface area contributed by atoms with E-state index in [4.69, 9.17) is 9.97 Å². The summed E-state index contributed by atoms with van der Waals surface area (Å²) in [6.07, 6.45) is 0. The van der Waals surface area contributed by atoms with Crippen molar-refractivity contribution in [3.8, 4) is 45.0 Å². The molecule has 1 heterocycles. The van der Waals surface area contributed by atoms with Crippen LogP contribution < -0.4 is 0 Å². The summed E-state index contributed by atoms with van der Waals surface area (Å²) in [6, 6.07) is 29.6. The summed E-state index contributed by atoms with van der Waals surface area (Å²) >= 11 is 0. The van der Waals surface area contributed by atoms with Crippen LogP contribution in [0.3, 0.4) is 0 Å². The minimum absolute atomic E-state index is 0.933. The highest BCUT2D eigenvalue weighted by molar-refractivity contribution is 6.15. The molecule has 0 atom stereocenters. The van der Waals surface area contributed by atoms with Gasteiger partial charge in [0.25, 0.3) is 0 Å². The van der Waals surface area contributed by atoms with Crippen molar-refractivity contribution < 1.29 is 0 Å². The van der Waals surface area contributed by atoms with E-state index in [9.17, 15) is 0 Å². The molecule has 0 radical (unpaired) electrons. The zero-order valence-corrected chi connectivity index (χ0v) is 17.0. The van der Waals surface area contributed by atoms with E-state index in [1.54, 1.807) is 0 Å². The minimum Gasteiger partial charge on any atom is -0.243 e. The Hall–Kier alpha value is -3.78. The van der Waals surface area contributed by atoms with Crippen LogP contribution in [-0.2, 0) is 0 Å². The maximum absolute atomic E-state index is 5.28. The van der Waals surface area contributed by atoms with Gasteiger partial charge in [-0.25, -0.2) is 9.97 Å². The fraction of sp³-hybridized carbons (Fsp3) is 0.0714. The molecule has 0 fully saturated rings. The molecular weight excluding hydrogens is 364 g/mol. The lowest BCUT2D eigenvalue weighted by Gasteiger charge is -2.13. The Morgan fingerprint density at radius 1 is 0.467 bits per heavy atom. The Bertz CT molecular complexity index is 1330. The van der Waals surface area contributed by atoms with Gasteiger partial charge in [0, 0.05) is 27.6 Å². The summed E-state index contributed by atoms with van der Waals surface area (Å²) in [7, 11) is 0. The molecule has 0 saturated heterocycles. The third-order valence-electron chi connectivity index (χ3n) is 6.07. The highest BCUT2D eigenvalue weighted by Crippen LogP contribution is 2.49. The molecule has 142 valence electrons. The quantitative estimate of drug-likeness (QED) is 0.315. The Labute approximate surface area is 175 Å². The van der Waals surface area contributed by atoms with Crippen LogP contribution in [0.5, 0.6) is 0 Å². The van der Waals surface area contributed by atoms with Crippen LogP contribution in [0.15, 0.2) is 84.9 Å². The topological polar surface area (TPSA) is 25.8 Å². The van der Waals surface area contributed by atoms with Gasteiger partial charge >= 0.3 is 0 Å². The van der Waals surface area contributed by atoms with E-state index >= 15 is 0 Å². The predicted molar refractivity (Wildman–Crippen MR) is 124 cm³/mol. The minimum atomic E-state index is 0.933. The third kappa shape index (κ3) is 2.37. The van der Waals surface area contributed by atoms with E-state index < -0.39 is 0 Å². The molecule has 0 saturated carbocycles. The van der Waals surface area contributed by atoms with Gasteiger partial charge in [-0.1, -0.05) is 84.9 Å². The summed E-state index contributed by atoms with van der Waals surface area (Å²) < 4.78 is 0. The first-order valence-corrected chi connectivity index (χ1v) is 10.3. The molecule has 0 amide bonds. The molecule has 0 N–H and O–H groups in total. The van der Waals surface area contributed by atoms with Crippen molar-refractivity contribution in [2.24, 2.45) is 0 Å². The fourth-order valence-electron chi connectivity index (χ4n) is 4.62. The average molecular weight is 384 g/mol. The summed E-state index contributed by atoms with van der Waals surface area (Å²) in [5.41, 5.74) is 11.0. The van der Waals surface area contributed by atoms with Crippen LogP contribution in [-0.4, -0.2) is 9.97 Å². The lowest BCUT2D eigenvalue weighted by Crippen LogP contribution is -1.98. The van der Waals surface area contributed by atoms with Crippen molar-refractivity contribution in [3.63, 3.8) is 0 Å². The molecule has 0 bridgehead atoms. The Balaban J connectivity index is 1.76. The van der Waals surface area contributed by atoms with Crippen LogP contribution >= 0.6 is 0 Å². The zero-order valence-electron chi connectivity index (χ0n) is 17.0. The molecule has 6 rings (SSSR count). The summed E-state index contributed by atoms with van der Waals surface area (Å²) in [5.74, 6) is 0. The van der Waals surface area contributed by atoms with Gasteiger partial charge in [-0.15, -0.1) is 0 Å². The zero-order chi connectivity index (χ0) is 20.2. The third-order valence-corrected chi connectivity index (χ3v) is 6.07. The van der Waals surface area contributed by atoms with E-state index in [2.05, 4.69) is 86.6 Å². The molecule has 0 spiro atoms. The molecule has 1 aromatic heterocycles.